The van der Waals surface area contributed by atoms with E-state index in [1.54, 1.807) is 17.4 Å². The fourth-order valence-corrected chi connectivity index (χ4v) is 4.21. The molecular weight excluding hydrogens is 380 g/mol. The molecule has 0 saturated heterocycles. The highest BCUT2D eigenvalue weighted by molar-refractivity contribution is 7.16. The van der Waals surface area contributed by atoms with Gasteiger partial charge in [-0.3, -0.25) is 9.59 Å². The number of carbonyl (C=O) groups excluding carboxylic acids is 1. The van der Waals surface area contributed by atoms with Gasteiger partial charge < -0.3 is 10.3 Å². The lowest BCUT2D eigenvalue weighted by atomic mass is 10.2. The average Bonchev–Trinajstić information content (AvgIpc) is 3.33. The van der Waals surface area contributed by atoms with Gasteiger partial charge in [-0.1, -0.05) is 18.2 Å². The third-order valence-corrected chi connectivity index (χ3v) is 5.65. The van der Waals surface area contributed by atoms with Crippen molar-refractivity contribution in [2.75, 3.05) is 5.32 Å². The SMILES string of the molecule is O=C(CCCc1nc2ccccc2c(=O)[nH]1)Nc1nc(-c2cccs2)cs1. The molecule has 0 atom stereocenters. The quantitative estimate of drug-likeness (QED) is 0.514. The van der Waals surface area contributed by atoms with E-state index in [4.69, 9.17) is 0 Å². The topological polar surface area (TPSA) is 87.7 Å². The number of para-hydroxylation sites is 1. The molecule has 0 aliphatic rings. The van der Waals surface area contributed by atoms with Crippen LogP contribution < -0.4 is 10.9 Å². The van der Waals surface area contributed by atoms with Crippen LogP contribution in [0.15, 0.2) is 52.0 Å². The second-order valence-corrected chi connectivity index (χ2v) is 7.75. The predicted octanol–water partition coefficient (Wildman–Crippen LogP) is 4.07. The smallest absolute Gasteiger partial charge is 0.258 e. The lowest BCUT2D eigenvalue weighted by Crippen LogP contribution is -2.14. The van der Waals surface area contributed by atoms with Crippen LogP contribution >= 0.6 is 22.7 Å². The molecule has 0 radical (unpaired) electrons. The van der Waals surface area contributed by atoms with Gasteiger partial charge in [0.15, 0.2) is 5.13 Å². The number of H-pyrrole nitrogens is 1. The number of amides is 1. The second-order valence-electron chi connectivity index (χ2n) is 5.95. The molecule has 0 aliphatic carbocycles. The Balaban J connectivity index is 1.33. The second kappa shape index (κ2) is 7.81. The van der Waals surface area contributed by atoms with Gasteiger partial charge in [-0.15, -0.1) is 22.7 Å². The van der Waals surface area contributed by atoms with Crippen molar-refractivity contribution < 1.29 is 4.79 Å². The maximum atomic E-state index is 12.1. The first-order chi connectivity index (χ1) is 13.2. The van der Waals surface area contributed by atoms with E-state index in [2.05, 4.69) is 20.3 Å². The Labute approximate surface area is 162 Å². The largest absolute Gasteiger partial charge is 0.310 e. The molecule has 4 rings (SSSR count). The van der Waals surface area contributed by atoms with Crippen molar-refractivity contribution in [3.63, 3.8) is 0 Å². The maximum Gasteiger partial charge on any atom is 0.258 e. The third kappa shape index (κ3) is 4.12. The fraction of sp³-hybridized carbons (Fsp3) is 0.158. The highest BCUT2D eigenvalue weighted by Gasteiger charge is 2.09. The zero-order valence-corrected chi connectivity index (χ0v) is 15.9. The van der Waals surface area contributed by atoms with Crippen molar-refractivity contribution in [2.24, 2.45) is 0 Å². The molecule has 136 valence electrons. The molecule has 0 spiro atoms. The summed E-state index contributed by atoms with van der Waals surface area (Å²) in [5.41, 5.74) is 1.40. The monoisotopic (exact) mass is 396 g/mol. The lowest BCUT2D eigenvalue weighted by molar-refractivity contribution is -0.116. The van der Waals surface area contributed by atoms with Gasteiger partial charge in [0.2, 0.25) is 5.91 Å². The molecule has 0 bridgehead atoms. The number of hydrogen-bond donors (Lipinski definition) is 2. The molecule has 3 aromatic heterocycles. The summed E-state index contributed by atoms with van der Waals surface area (Å²) >= 11 is 3.03. The van der Waals surface area contributed by atoms with Crippen LogP contribution in [0, 0.1) is 0 Å². The van der Waals surface area contributed by atoms with E-state index in [0.29, 0.717) is 41.1 Å². The first-order valence-corrected chi connectivity index (χ1v) is 10.2. The zero-order valence-electron chi connectivity index (χ0n) is 14.3. The highest BCUT2D eigenvalue weighted by Crippen LogP contribution is 2.28. The molecule has 1 aromatic carbocycles. The Hall–Kier alpha value is -2.84. The predicted molar refractivity (Wildman–Crippen MR) is 109 cm³/mol. The van der Waals surface area contributed by atoms with Gasteiger partial charge in [0.25, 0.3) is 5.56 Å². The number of thiazole rings is 1. The Morgan fingerprint density at radius 1 is 1.11 bits per heavy atom. The lowest BCUT2D eigenvalue weighted by Gasteiger charge is -2.03. The number of anilines is 1. The number of carbonyl (C=O) groups is 1. The van der Waals surface area contributed by atoms with Crippen LogP contribution in [-0.4, -0.2) is 20.9 Å². The standard InChI is InChI=1S/C19H16N4O2S2/c24-17(23-19-21-14(11-27-19)15-7-4-10-26-15)9-3-8-16-20-13-6-2-1-5-12(13)18(25)22-16/h1-2,4-7,10-11H,3,8-9H2,(H,20,22,25)(H,21,23,24). The van der Waals surface area contributed by atoms with Gasteiger partial charge in [-0.2, -0.15) is 0 Å². The van der Waals surface area contributed by atoms with Gasteiger partial charge in [0.05, 0.1) is 21.5 Å². The van der Waals surface area contributed by atoms with Crippen LogP contribution in [0.1, 0.15) is 18.7 Å². The number of thiophene rings is 1. The molecular formula is C19H16N4O2S2. The molecule has 0 aliphatic heterocycles. The van der Waals surface area contributed by atoms with Crippen LogP contribution in [0.25, 0.3) is 21.5 Å². The molecule has 27 heavy (non-hydrogen) atoms. The zero-order chi connectivity index (χ0) is 18.6. The van der Waals surface area contributed by atoms with Gasteiger partial charge in [0, 0.05) is 18.2 Å². The Morgan fingerprint density at radius 3 is 2.85 bits per heavy atom. The third-order valence-electron chi connectivity index (χ3n) is 4.00. The number of hydrogen-bond acceptors (Lipinski definition) is 6. The summed E-state index contributed by atoms with van der Waals surface area (Å²) in [6, 6.07) is 11.2. The number of aromatic nitrogens is 3. The van der Waals surface area contributed by atoms with E-state index in [-0.39, 0.29) is 11.5 Å². The summed E-state index contributed by atoms with van der Waals surface area (Å²) in [7, 11) is 0. The van der Waals surface area contributed by atoms with E-state index in [1.165, 1.54) is 11.3 Å². The fourth-order valence-electron chi connectivity index (χ4n) is 2.72. The van der Waals surface area contributed by atoms with Crippen molar-refractivity contribution in [3.8, 4) is 10.6 Å². The minimum Gasteiger partial charge on any atom is -0.310 e. The van der Waals surface area contributed by atoms with Crippen molar-refractivity contribution >= 4 is 44.6 Å². The molecule has 0 saturated carbocycles. The Kier molecular flexibility index (Phi) is 5.08. The van der Waals surface area contributed by atoms with Crippen molar-refractivity contribution in [1.29, 1.82) is 0 Å². The summed E-state index contributed by atoms with van der Waals surface area (Å²) in [5.74, 6) is 0.506. The normalized spacial score (nSPS) is 11.0. The van der Waals surface area contributed by atoms with E-state index in [9.17, 15) is 9.59 Å². The Bertz CT molecular complexity index is 1130. The van der Waals surface area contributed by atoms with Crippen LogP contribution in [0.2, 0.25) is 0 Å². The van der Waals surface area contributed by atoms with Crippen molar-refractivity contribution in [1.82, 2.24) is 15.0 Å². The van der Waals surface area contributed by atoms with Gasteiger partial charge >= 0.3 is 0 Å². The van der Waals surface area contributed by atoms with E-state index < -0.39 is 0 Å². The first kappa shape index (κ1) is 17.6. The summed E-state index contributed by atoms with van der Waals surface area (Å²) < 4.78 is 0. The number of rotatable bonds is 6. The summed E-state index contributed by atoms with van der Waals surface area (Å²) in [6.45, 7) is 0. The molecule has 1 amide bonds. The molecule has 2 N–H and O–H groups in total. The molecule has 3 heterocycles. The van der Waals surface area contributed by atoms with Crippen LogP contribution in [0.4, 0.5) is 5.13 Å². The summed E-state index contributed by atoms with van der Waals surface area (Å²) in [6.07, 6.45) is 1.46. The molecule has 6 nitrogen and oxygen atoms in total. The first-order valence-electron chi connectivity index (χ1n) is 8.46. The Morgan fingerprint density at radius 2 is 2.00 bits per heavy atom. The van der Waals surface area contributed by atoms with Crippen LogP contribution in [-0.2, 0) is 11.2 Å². The van der Waals surface area contributed by atoms with E-state index in [1.807, 2.05) is 41.1 Å². The average molecular weight is 396 g/mol. The summed E-state index contributed by atoms with van der Waals surface area (Å²) in [5, 5.41) is 7.94. The summed E-state index contributed by atoms with van der Waals surface area (Å²) in [4.78, 5) is 37.0. The molecule has 8 heteroatoms. The number of nitrogens with one attached hydrogen (secondary N) is 2. The van der Waals surface area contributed by atoms with E-state index in [0.717, 1.165) is 10.6 Å². The van der Waals surface area contributed by atoms with E-state index >= 15 is 0 Å². The number of benzene rings is 1. The number of fused-ring (bicyclic) bond motifs is 1. The van der Waals surface area contributed by atoms with Crippen molar-refractivity contribution in [3.05, 3.63) is 63.3 Å². The van der Waals surface area contributed by atoms with Gasteiger partial charge in [0.1, 0.15) is 5.82 Å². The molecule has 4 aromatic rings. The minimum atomic E-state index is -0.149. The van der Waals surface area contributed by atoms with Gasteiger partial charge in [-0.05, 0) is 30.0 Å². The van der Waals surface area contributed by atoms with Crippen LogP contribution in [0.5, 0.6) is 0 Å². The van der Waals surface area contributed by atoms with Crippen molar-refractivity contribution in [2.45, 2.75) is 19.3 Å². The highest BCUT2D eigenvalue weighted by atomic mass is 32.1. The van der Waals surface area contributed by atoms with Crippen LogP contribution in [0.3, 0.4) is 0 Å². The minimum absolute atomic E-state index is 0.0924. The van der Waals surface area contributed by atoms with Gasteiger partial charge in [-0.25, -0.2) is 9.97 Å². The number of aromatic amines is 1. The number of nitrogens with zero attached hydrogens (tertiary/aromatic N) is 2. The molecule has 0 unspecified atom stereocenters. The molecule has 0 fully saturated rings. The number of aryl methyl sites for hydroxylation is 1. The maximum absolute atomic E-state index is 12.1.